The van der Waals surface area contributed by atoms with Crippen LogP contribution in [-0.4, -0.2) is 39.5 Å². The van der Waals surface area contributed by atoms with Gasteiger partial charge in [-0.05, 0) is 54.5 Å². The summed E-state index contributed by atoms with van der Waals surface area (Å²) in [5.74, 6) is -1.11. The van der Waals surface area contributed by atoms with Gasteiger partial charge in [0.1, 0.15) is 6.54 Å². The molecule has 0 atom stereocenters. The van der Waals surface area contributed by atoms with Crippen molar-refractivity contribution < 1.29 is 19.4 Å². The number of aromatic nitrogens is 2. The van der Waals surface area contributed by atoms with Crippen molar-refractivity contribution in [2.24, 2.45) is 5.41 Å². The normalized spacial score (nSPS) is 11.8. The van der Waals surface area contributed by atoms with Gasteiger partial charge >= 0.3 is 11.9 Å². The van der Waals surface area contributed by atoms with E-state index >= 15 is 0 Å². The lowest BCUT2D eigenvalue weighted by atomic mass is 9.90. The van der Waals surface area contributed by atoms with Crippen LogP contribution in [0.25, 0.3) is 0 Å². The smallest absolute Gasteiger partial charge is 0.328 e. The number of carbonyl (C=O) groups is 2. The number of hydrogen-bond acceptors (Lipinski definition) is 5. The summed E-state index contributed by atoms with van der Waals surface area (Å²) in [5.41, 5.74) is 2.05. The lowest BCUT2D eigenvalue weighted by molar-refractivity contribution is -0.148. The third-order valence-corrected chi connectivity index (χ3v) is 3.98. The third kappa shape index (κ3) is 5.63. The van der Waals surface area contributed by atoms with E-state index in [4.69, 9.17) is 9.84 Å². The maximum absolute atomic E-state index is 11.8. The lowest BCUT2D eigenvalue weighted by Gasteiger charge is -2.19. The van der Waals surface area contributed by atoms with Crippen molar-refractivity contribution in [3.05, 3.63) is 17.0 Å². The monoisotopic (exact) mass is 339 g/mol. The number of aliphatic carboxylic acids is 1. The highest BCUT2D eigenvalue weighted by molar-refractivity contribution is 5.73. The summed E-state index contributed by atoms with van der Waals surface area (Å²) in [6.45, 7) is 12.1. The fourth-order valence-corrected chi connectivity index (χ4v) is 2.29. The zero-order valence-corrected chi connectivity index (χ0v) is 15.5. The van der Waals surface area contributed by atoms with Gasteiger partial charge in [-0.3, -0.25) is 14.3 Å². The van der Waals surface area contributed by atoms with Gasteiger partial charge in [0.05, 0.1) is 17.2 Å². The minimum Gasteiger partial charge on any atom is -0.481 e. The van der Waals surface area contributed by atoms with Crippen LogP contribution in [0.1, 0.15) is 51.1 Å². The van der Waals surface area contributed by atoms with Crippen LogP contribution >= 0.6 is 0 Å². The second kappa shape index (κ2) is 8.28. The molecule has 0 saturated carbocycles. The lowest BCUT2D eigenvalue weighted by Crippen LogP contribution is -2.29. The molecular formula is C17H29N3O4. The number of carboxylic acids is 1. The molecule has 0 radical (unpaired) electrons. The number of ether oxygens (including phenoxy) is 1. The molecule has 0 aliphatic rings. The molecule has 1 aromatic heterocycles. The first-order chi connectivity index (χ1) is 11.0. The minimum atomic E-state index is -0.798. The zero-order valence-electron chi connectivity index (χ0n) is 15.5. The number of carbonyl (C=O) groups excluding carboxylic acids is 1. The number of hydrogen-bond donors (Lipinski definition) is 2. The van der Waals surface area contributed by atoms with Crippen LogP contribution in [0.4, 0.5) is 0 Å². The molecule has 2 N–H and O–H groups in total. The Labute approximate surface area is 143 Å². The first-order valence-electron chi connectivity index (χ1n) is 8.21. The van der Waals surface area contributed by atoms with Gasteiger partial charge in [-0.25, -0.2) is 0 Å². The second-order valence-electron chi connectivity index (χ2n) is 6.96. The van der Waals surface area contributed by atoms with Crippen molar-refractivity contribution in [2.75, 3.05) is 6.54 Å². The third-order valence-electron chi connectivity index (χ3n) is 3.98. The largest absolute Gasteiger partial charge is 0.481 e. The molecule has 0 fully saturated rings. The van der Waals surface area contributed by atoms with Crippen molar-refractivity contribution in [2.45, 2.75) is 67.2 Å². The van der Waals surface area contributed by atoms with Crippen molar-refractivity contribution in [3.8, 4) is 0 Å². The van der Waals surface area contributed by atoms with E-state index in [9.17, 15) is 9.59 Å². The van der Waals surface area contributed by atoms with Crippen molar-refractivity contribution in [1.29, 1.82) is 0 Å². The van der Waals surface area contributed by atoms with Gasteiger partial charge < -0.3 is 15.2 Å². The van der Waals surface area contributed by atoms with E-state index in [1.165, 1.54) is 0 Å². The van der Waals surface area contributed by atoms with Crippen LogP contribution in [-0.2, 0) is 27.4 Å². The molecule has 1 rings (SSSR count). The molecule has 1 heterocycles. The highest BCUT2D eigenvalue weighted by atomic mass is 16.5. The number of carboxylic acid groups (broad SMARTS) is 1. The molecule has 0 unspecified atom stereocenters. The molecule has 0 aromatic carbocycles. The molecule has 0 saturated heterocycles. The van der Waals surface area contributed by atoms with Crippen molar-refractivity contribution in [1.82, 2.24) is 15.1 Å². The molecule has 7 heteroatoms. The average Bonchev–Trinajstić information content (AvgIpc) is 2.69. The Hall–Kier alpha value is -1.89. The summed E-state index contributed by atoms with van der Waals surface area (Å²) in [4.78, 5) is 22.9. The predicted molar refractivity (Wildman–Crippen MR) is 90.7 cm³/mol. The Kier molecular flexibility index (Phi) is 6.95. The Morgan fingerprint density at radius 3 is 2.50 bits per heavy atom. The molecule has 0 aliphatic carbocycles. The van der Waals surface area contributed by atoms with E-state index in [0.29, 0.717) is 19.5 Å². The Balaban J connectivity index is 2.61. The van der Waals surface area contributed by atoms with Gasteiger partial charge in [-0.15, -0.1) is 0 Å². The SMILES string of the molecule is Cc1nn(CC(=O)OC(C)C)c(C)c1CNCCC(C)(C)C(=O)O. The van der Waals surface area contributed by atoms with Gasteiger partial charge in [0.25, 0.3) is 0 Å². The van der Waals surface area contributed by atoms with Gasteiger partial charge in [-0.2, -0.15) is 5.10 Å². The molecule has 1 aromatic rings. The van der Waals surface area contributed by atoms with Gasteiger partial charge in [-0.1, -0.05) is 0 Å². The van der Waals surface area contributed by atoms with E-state index in [-0.39, 0.29) is 18.6 Å². The quantitative estimate of drug-likeness (QED) is 0.528. The maximum Gasteiger partial charge on any atom is 0.328 e. The summed E-state index contributed by atoms with van der Waals surface area (Å²) >= 11 is 0. The first kappa shape index (κ1) is 20.2. The Bertz CT molecular complexity index is 591. The number of nitrogens with zero attached hydrogens (tertiary/aromatic N) is 2. The zero-order chi connectivity index (χ0) is 18.5. The molecule has 0 amide bonds. The van der Waals surface area contributed by atoms with E-state index < -0.39 is 11.4 Å². The van der Waals surface area contributed by atoms with Crippen LogP contribution in [0.2, 0.25) is 0 Å². The molecule has 136 valence electrons. The highest BCUT2D eigenvalue weighted by Gasteiger charge is 2.26. The fourth-order valence-electron chi connectivity index (χ4n) is 2.29. The second-order valence-corrected chi connectivity index (χ2v) is 6.96. The summed E-state index contributed by atoms with van der Waals surface area (Å²) in [7, 11) is 0. The molecular weight excluding hydrogens is 310 g/mol. The molecule has 24 heavy (non-hydrogen) atoms. The molecule has 7 nitrogen and oxygen atoms in total. The predicted octanol–water partition coefficient (Wildman–Crippen LogP) is 2.04. The van der Waals surface area contributed by atoms with Gasteiger partial charge in [0.15, 0.2) is 0 Å². The molecule has 0 spiro atoms. The summed E-state index contributed by atoms with van der Waals surface area (Å²) < 4.78 is 6.80. The van der Waals surface area contributed by atoms with Gasteiger partial charge in [0, 0.05) is 17.8 Å². The van der Waals surface area contributed by atoms with Crippen LogP contribution in [0, 0.1) is 19.3 Å². The van der Waals surface area contributed by atoms with E-state index in [1.807, 2.05) is 27.7 Å². The first-order valence-corrected chi connectivity index (χ1v) is 8.21. The molecule has 0 bridgehead atoms. The standard InChI is InChI=1S/C17H29N3O4/c1-11(2)24-15(21)10-20-13(4)14(12(3)19-20)9-18-8-7-17(5,6)16(22)23/h11,18H,7-10H2,1-6H3,(H,22,23). The Morgan fingerprint density at radius 2 is 1.96 bits per heavy atom. The van der Waals surface area contributed by atoms with E-state index in [0.717, 1.165) is 17.0 Å². The van der Waals surface area contributed by atoms with Crippen LogP contribution in [0.5, 0.6) is 0 Å². The number of esters is 1. The fraction of sp³-hybridized carbons (Fsp3) is 0.706. The van der Waals surface area contributed by atoms with Crippen molar-refractivity contribution >= 4 is 11.9 Å². The number of nitrogens with one attached hydrogen (secondary N) is 1. The van der Waals surface area contributed by atoms with Crippen LogP contribution < -0.4 is 5.32 Å². The van der Waals surface area contributed by atoms with Gasteiger partial charge in [0.2, 0.25) is 0 Å². The van der Waals surface area contributed by atoms with E-state index in [2.05, 4.69) is 10.4 Å². The summed E-state index contributed by atoms with van der Waals surface area (Å²) in [5, 5.41) is 16.8. The van der Waals surface area contributed by atoms with E-state index in [1.54, 1.807) is 18.5 Å². The van der Waals surface area contributed by atoms with Crippen molar-refractivity contribution in [3.63, 3.8) is 0 Å². The Morgan fingerprint density at radius 1 is 1.33 bits per heavy atom. The summed E-state index contributed by atoms with van der Waals surface area (Å²) in [6, 6.07) is 0. The topological polar surface area (TPSA) is 93.5 Å². The summed E-state index contributed by atoms with van der Waals surface area (Å²) in [6.07, 6.45) is 0.392. The highest BCUT2D eigenvalue weighted by Crippen LogP contribution is 2.19. The average molecular weight is 339 g/mol. The molecule has 0 aliphatic heterocycles. The minimum absolute atomic E-state index is 0.0941. The number of aryl methyl sites for hydroxylation is 1. The maximum atomic E-state index is 11.8. The number of rotatable bonds is 9. The van der Waals surface area contributed by atoms with Crippen LogP contribution in [0.3, 0.4) is 0 Å². The van der Waals surface area contributed by atoms with Crippen LogP contribution in [0.15, 0.2) is 0 Å².